The fourth-order valence-corrected chi connectivity index (χ4v) is 2.56. The van der Waals surface area contributed by atoms with Crippen molar-refractivity contribution in [1.29, 1.82) is 0 Å². The first-order valence-electron chi connectivity index (χ1n) is 9.57. The lowest BCUT2D eigenvalue weighted by atomic mass is 10.1. The van der Waals surface area contributed by atoms with E-state index in [9.17, 15) is 31.5 Å². The fourth-order valence-electron chi connectivity index (χ4n) is 2.56. The average Bonchev–Trinajstić information content (AvgIpc) is 3.57. The molecule has 0 radical (unpaired) electrons. The third-order valence-electron chi connectivity index (χ3n) is 4.64. The molecule has 0 saturated heterocycles. The highest BCUT2D eigenvalue weighted by molar-refractivity contribution is 5.97. The summed E-state index contributed by atoms with van der Waals surface area (Å²) in [6.45, 7) is -0.263. The number of alkyl halides is 5. The van der Waals surface area contributed by atoms with Gasteiger partial charge in [0.2, 0.25) is 11.8 Å². The summed E-state index contributed by atoms with van der Waals surface area (Å²) in [4.78, 5) is 32.0. The second kappa shape index (κ2) is 9.05. The molecule has 7 nitrogen and oxygen atoms in total. The van der Waals surface area contributed by atoms with Gasteiger partial charge in [0.25, 0.3) is 5.91 Å². The molecular weight excluding hydrogens is 439 g/mol. The van der Waals surface area contributed by atoms with Crippen molar-refractivity contribution in [3.05, 3.63) is 47.8 Å². The molecule has 2 aromatic rings. The molecule has 2 amide bonds. The highest BCUT2D eigenvalue weighted by Gasteiger charge is 2.58. The van der Waals surface area contributed by atoms with E-state index in [-0.39, 0.29) is 23.2 Å². The van der Waals surface area contributed by atoms with Gasteiger partial charge in [-0.15, -0.1) is 0 Å². The first-order chi connectivity index (χ1) is 15.0. The van der Waals surface area contributed by atoms with Crippen LogP contribution in [0.15, 0.2) is 36.7 Å². The Morgan fingerprint density at radius 3 is 2.47 bits per heavy atom. The second-order valence-electron chi connectivity index (χ2n) is 7.31. The minimum atomic E-state index is -5.72. The lowest BCUT2D eigenvalue weighted by Gasteiger charge is -2.19. The molecule has 1 atom stereocenters. The summed E-state index contributed by atoms with van der Waals surface area (Å²) in [6, 6.07) is 4.83. The molecule has 2 heterocycles. The Morgan fingerprint density at radius 1 is 1.16 bits per heavy atom. The van der Waals surface area contributed by atoms with Crippen LogP contribution in [0.4, 0.5) is 27.8 Å². The summed E-state index contributed by atoms with van der Waals surface area (Å²) < 4.78 is 66.8. The van der Waals surface area contributed by atoms with Crippen molar-refractivity contribution in [2.45, 2.75) is 37.9 Å². The van der Waals surface area contributed by atoms with Crippen LogP contribution in [0.2, 0.25) is 0 Å². The van der Waals surface area contributed by atoms with Crippen molar-refractivity contribution in [2.24, 2.45) is 5.92 Å². The van der Waals surface area contributed by atoms with Gasteiger partial charge in [0, 0.05) is 29.9 Å². The van der Waals surface area contributed by atoms with Gasteiger partial charge in [0.15, 0.2) is 6.61 Å². The minimum Gasteiger partial charge on any atom is -0.471 e. The predicted octanol–water partition coefficient (Wildman–Crippen LogP) is 3.89. The summed E-state index contributed by atoms with van der Waals surface area (Å²) in [5.74, 6) is -5.80. The molecule has 1 unspecified atom stereocenters. The van der Waals surface area contributed by atoms with Crippen molar-refractivity contribution < 1.29 is 36.3 Å². The summed E-state index contributed by atoms with van der Waals surface area (Å²) in [5.41, 5.74) is 0.713. The molecule has 32 heavy (non-hydrogen) atoms. The highest BCUT2D eigenvalue weighted by Crippen LogP contribution is 2.35. The fraction of sp³-hybridized carbons (Fsp3) is 0.400. The zero-order chi connectivity index (χ0) is 23.5. The van der Waals surface area contributed by atoms with Crippen LogP contribution in [0, 0.1) is 5.92 Å². The molecule has 1 aliphatic carbocycles. The van der Waals surface area contributed by atoms with Crippen LogP contribution in [0.5, 0.6) is 5.88 Å². The van der Waals surface area contributed by atoms with Crippen LogP contribution >= 0.6 is 0 Å². The number of hydrogen-bond acceptors (Lipinski definition) is 5. The lowest BCUT2D eigenvalue weighted by Crippen LogP contribution is -2.41. The molecule has 0 bridgehead atoms. The predicted molar refractivity (Wildman–Crippen MR) is 102 cm³/mol. The molecule has 1 fully saturated rings. The zero-order valence-corrected chi connectivity index (χ0v) is 16.7. The molecule has 0 spiro atoms. The van der Waals surface area contributed by atoms with E-state index in [1.807, 2.05) is 0 Å². The molecule has 1 saturated carbocycles. The Hall–Kier alpha value is -3.31. The van der Waals surface area contributed by atoms with E-state index < -0.39 is 36.5 Å². The van der Waals surface area contributed by atoms with E-state index in [0.717, 1.165) is 18.9 Å². The van der Waals surface area contributed by atoms with Gasteiger partial charge in [0.1, 0.15) is 5.82 Å². The number of carbonyl (C=O) groups is 2. The first-order valence-corrected chi connectivity index (χ1v) is 9.57. The van der Waals surface area contributed by atoms with Crippen molar-refractivity contribution >= 4 is 17.6 Å². The number of nitrogens with one attached hydrogen (secondary N) is 2. The minimum absolute atomic E-state index is 0.0200. The molecule has 0 aromatic carbocycles. The Labute approximate surface area is 179 Å². The van der Waals surface area contributed by atoms with Gasteiger partial charge in [-0.1, -0.05) is 6.07 Å². The lowest BCUT2D eigenvalue weighted by molar-refractivity contribution is -0.290. The number of rotatable bonds is 8. The maximum Gasteiger partial charge on any atom is 0.456 e. The molecule has 2 aromatic heterocycles. The summed E-state index contributed by atoms with van der Waals surface area (Å²) in [6.07, 6.45) is -1.50. The standard InChI is InChI=1S/C20H19F5N4O3/c1-11(14-4-5-16(27-9-14)32-10-19(21,22)20(23,24)25)28-18(31)13-6-7-26-15(8-13)29-17(30)12-2-3-12/h4-9,11-12H,2-3,10H2,1H3,(H,28,31)(H,26,29,30). The third kappa shape index (κ3) is 5.89. The Kier molecular flexibility index (Phi) is 6.60. The van der Waals surface area contributed by atoms with E-state index in [1.54, 1.807) is 6.92 Å². The van der Waals surface area contributed by atoms with E-state index in [2.05, 4.69) is 25.3 Å². The number of anilines is 1. The molecule has 1 aliphatic rings. The SMILES string of the molecule is CC(NC(=O)c1ccnc(NC(=O)C2CC2)c1)c1ccc(OCC(F)(F)C(F)(F)F)nc1. The van der Waals surface area contributed by atoms with Gasteiger partial charge in [-0.2, -0.15) is 22.0 Å². The van der Waals surface area contributed by atoms with Gasteiger partial charge < -0.3 is 15.4 Å². The van der Waals surface area contributed by atoms with E-state index in [0.29, 0.717) is 5.56 Å². The van der Waals surface area contributed by atoms with Gasteiger partial charge in [-0.25, -0.2) is 9.97 Å². The van der Waals surface area contributed by atoms with Crippen LogP contribution < -0.4 is 15.4 Å². The van der Waals surface area contributed by atoms with Crippen molar-refractivity contribution in [1.82, 2.24) is 15.3 Å². The Bertz CT molecular complexity index is 978. The number of carbonyl (C=O) groups excluding carboxylic acids is 2. The molecular formula is C20H19F5N4O3. The van der Waals surface area contributed by atoms with Crippen LogP contribution in [0.1, 0.15) is 41.7 Å². The largest absolute Gasteiger partial charge is 0.471 e. The normalized spacial score (nSPS) is 15.1. The van der Waals surface area contributed by atoms with Gasteiger partial charge in [0.05, 0.1) is 6.04 Å². The molecule has 0 aliphatic heterocycles. The van der Waals surface area contributed by atoms with Crippen LogP contribution in [0.25, 0.3) is 0 Å². The van der Waals surface area contributed by atoms with E-state index in [1.165, 1.54) is 30.6 Å². The number of pyridine rings is 2. The Morgan fingerprint density at radius 2 is 1.88 bits per heavy atom. The Balaban J connectivity index is 1.56. The molecule has 12 heteroatoms. The van der Waals surface area contributed by atoms with Crippen LogP contribution in [-0.2, 0) is 4.79 Å². The zero-order valence-electron chi connectivity index (χ0n) is 16.7. The molecule has 2 N–H and O–H groups in total. The number of amides is 2. The second-order valence-corrected chi connectivity index (χ2v) is 7.31. The maximum absolute atomic E-state index is 12.9. The molecule has 3 rings (SSSR count). The van der Waals surface area contributed by atoms with E-state index >= 15 is 0 Å². The number of hydrogen-bond donors (Lipinski definition) is 2. The smallest absolute Gasteiger partial charge is 0.456 e. The topological polar surface area (TPSA) is 93.2 Å². The maximum atomic E-state index is 12.9. The van der Waals surface area contributed by atoms with Crippen molar-refractivity contribution in [2.75, 3.05) is 11.9 Å². The monoisotopic (exact) mass is 458 g/mol. The van der Waals surface area contributed by atoms with Crippen LogP contribution in [0.3, 0.4) is 0 Å². The highest BCUT2D eigenvalue weighted by atomic mass is 19.4. The third-order valence-corrected chi connectivity index (χ3v) is 4.64. The van der Waals surface area contributed by atoms with Crippen molar-refractivity contribution in [3.8, 4) is 5.88 Å². The summed E-state index contributed by atoms with van der Waals surface area (Å²) >= 11 is 0. The number of halogens is 5. The first kappa shape index (κ1) is 23.4. The van der Waals surface area contributed by atoms with Gasteiger partial charge in [-0.3, -0.25) is 9.59 Å². The van der Waals surface area contributed by atoms with Gasteiger partial charge in [-0.05, 0) is 37.5 Å². The quantitative estimate of drug-likeness (QED) is 0.586. The summed E-state index contributed by atoms with van der Waals surface area (Å²) in [5, 5.41) is 5.34. The number of nitrogens with zero attached hydrogens (tertiary/aromatic N) is 2. The van der Waals surface area contributed by atoms with Crippen molar-refractivity contribution in [3.63, 3.8) is 0 Å². The molecule has 172 valence electrons. The number of aromatic nitrogens is 2. The van der Waals surface area contributed by atoms with Crippen LogP contribution in [-0.4, -0.2) is 40.5 Å². The number of ether oxygens (including phenoxy) is 1. The van der Waals surface area contributed by atoms with E-state index in [4.69, 9.17) is 0 Å². The average molecular weight is 458 g/mol. The van der Waals surface area contributed by atoms with Gasteiger partial charge >= 0.3 is 12.1 Å². The summed E-state index contributed by atoms with van der Waals surface area (Å²) in [7, 11) is 0.